The van der Waals surface area contributed by atoms with Gasteiger partial charge < -0.3 is 25.2 Å². The highest BCUT2D eigenvalue weighted by molar-refractivity contribution is 6.01. The van der Waals surface area contributed by atoms with Gasteiger partial charge in [-0.3, -0.25) is 4.79 Å². The Kier molecular flexibility index (Phi) is 4.57. The van der Waals surface area contributed by atoms with E-state index in [-0.39, 0.29) is 11.8 Å². The van der Waals surface area contributed by atoms with Crippen LogP contribution in [0.2, 0.25) is 0 Å². The van der Waals surface area contributed by atoms with Crippen LogP contribution in [0, 0.1) is 5.92 Å². The van der Waals surface area contributed by atoms with Crippen LogP contribution in [0.5, 0.6) is 11.5 Å². The van der Waals surface area contributed by atoms with Gasteiger partial charge in [0.05, 0.1) is 31.6 Å². The number of anilines is 1. The quantitative estimate of drug-likeness (QED) is 0.813. The fourth-order valence-electron chi connectivity index (χ4n) is 2.60. The largest absolute Gasteiger partial charge is 0.497 e. The molecule has 1 amide bonds. The van der Waals surface area contributed by atoms with E-state index in [0.29, 0.717) is 35.8 Å². The van der Waals surface area contributed by atoms with E-state index in [1.165, 1.54) is 14.2 Å². The van der Waals surface area contributed by atoms with Crippen molar-refractivity contribution in [1.82, 2.24) is 4.90 Å². The van der Waals surface area contributed by atoms with Crippen molar-refractivity contribution < 1.29 is 19.4 Å². The zero-order chi connectivity index (χ0) is 15.6. The number of ether oxygens (including phenoxy) is 2. The molecule has 0 aliphatic carbocycles. The first-order valence-corrected chi connectivity index (χ1v) is 6.96. The monoisotopic (exact) mass is 294 g/mol. The Bertz CT molecular complexity index is 531. The minimum atomic E-state index is -0.417. The van der Waals surface area contributed by atoms with Crippen molar-refractivity contribution >= 4 is 11.6 Å². The number of rotatable bonds is 4. The van der Waals surface area contributed by atoms with Crippen LogP contribution < -0.4 is 15.2 Å². The number of amides is 1. The molecule has 116 valence electrons. The molecule has 6 nitrogen and oxygen atoms in total. The summed E-state index contributed by atoms with van der Waals surface area (Å²) in [6.45, 7) is 2.91. The third-order valence-electron chi connectivity index (χ3n) is 4.00. The number of nitrogens with two attached hydrogens (primary N) is 1. The van der Waals surface area contributed by atoms with Crippen LogP contribution in [0.4, 0.5) is 5.69 Å². The molecule has 0 radical (unpaired) electrons. The van der Waals surface area contributed by atoms with E-state index in [2.05, 4.69) is 0 Å². The minimum Gasteiger partial charge on any atom is -0.497 e. The molecule has 1 aliphatic heterocycles. The maximum atomic E-state index is 12.6. The molecule has 1 fully saturated rings. The molecule has 1 aliphatic rings. The van der Waals surface area contributed by atoms with Gasteiger partial charge in [-0.05, 0) is 19.4 Å². The van der Waals surface area contributed by atoms with E-state index in [4.69, 9.17) is 15.2 Å². The van der Waals surface area contributed by atoms with Gasteiger partial charge in [-0.2, -0.15) is 0 Å². The van der Waals surface area contributed by atoms with Gasteiger partial charge in [-0.15, -0.1) is 0 Å². The lowest BCUT2D eigenvalue weighted by Crippen LogP contribution is -2.31. The number of aliphatic hydroxyl groups excluding tert-OH is 1. The summed E-state index contributed by atoms with van der Waals surface area (Å²) in [6, 6.07) is 3.27. The Balaban J connectivity index is 2.27. The van der Waals surface area contributed by atoms with E-state index in [0.717, 1.165) is 6.42 Å². The number of methoxy groups -OCH3 is 2. The van der Waals surface area contributed by atoms with Crippen molar-refractivity contribution in [3.8, 4) is 11.5 Å². The molecule has 3 N–H and O–H groups in total. The number of nitrogen functional groups attached to an aromatic ring is 1. The second-order valence-corrected chi connectivity index (χ2v) is 5.33. The zero-order valence-electron chi connectivity index (χ0n) is 12.6. The van der Waals surface area contributed by atoms with Gasteiger partial charge in [-0.25, -0.2) is 0 Å². The Morgan fingerprint density at radius 1 is 1.43 bits per heavy atom. The Morgan fingerprint density at radius 2 is 2.14 bits per heavy atom. The second-order valence-electron chi connectivity index (χ2n) is 5.33. The van der Waals surface area contributed by atoms with E-state index in [1.54, 1.807) is 24.0 Å². The standard InChI is InChI=1S/C15H22N2O4/c1-9(18)10-4-5-17(8-10)15(19)12-6-11(20-2)7-13(21-3)14(12)16/h6-7,9-10,18H,4-5,8,16H2,1-3H3. The lowest BCUT2D eigenvalue weighted by Gasteiger charge is -2.20. The summed E-state index contributed by atoms with van der Waals surface area (Å²) in [4.78, 5) is 14.3. The summed E-state index contributed by atoms with van der Waals surface area (Å²) in [5.41, 5.74) is 6.68. The molecule has 0 spiro atoms. The lowest BCUT2D eigenvalue weighted by molar-refractivity contribution is 0.0763. The fourth-order valence-corrected chi connectivity index (χ4v) is 2.60. The van der Waals surface area contributed by atoms with Gasteiger partial charge in [0.25, 0.3) is 5.91 Å². The van der Waals surface area contributed by atoms with E-state index >= 15 is 0 Å². The summed E-state index contributed by atoms with van der Waals surface area (Å²) >= 11 is 0. The van der Waals surface area contributed by atoms with Gasteiger partial charge >= 0.3 is 0 Å². The molecule has 0 aromatic heterocycles. The van der Waals surface area contributed by atoms with Gasteiger partial charge in [0.15, 0.2) is 0 Å². The molecular weight excluding hydrogens is 272 g/mol. The lowest BCUT2D eigenvalue weighted by atomic mass is 10.0. The van der Waals surface area contributed by atoms with Crippen molar-refractivity contribution in [2.24, 2.45) is 5.92 Å². The molecular formula is C15H22N2O4. The maximum Gasteiger partial charge on any atom is 0.256 e. The number of aliphatic hydroxyl groups is 1. The van der Waals surface area contributed by atoms with Gasteiger partial charge in [0.1, 0.15) is 11.5 Å². The van der Waals surface area contributed by atoms with Crippen LogP contribution >= 0.6 is 0 Å². The van der Waals surface area contributed by atoms with E-state index < -0.39 is 6.10 Å². The molecule has 2 unspecified atom stereocenters. The summed E-state index contributed by atoms with van der Waals surface area (Å²) in [7, 11) is 3.03. The molecule has 0 saturated carbocycles. The van der Waals surface area contributed by atoms with Gasteiger partial charge in [0, 0.05) is 25.1 Å². The third kappa shape index (κ3) is 3.05. The van der Waals surface area contributed by atoms with Crippen molar-refractivity contribution in [3.05, 3.63) is 17.7 Å². The van der Waals surface area contributed by atoms with Crippen LogP contribution in [0.15, 0.2) is 12.1 Å². The molecule has 6 heteroatoms. The third-order valence-corrected chi connectivity index (χ3v) is 4.00. The molecule has 0 bridgehead atoms. The van der Waals surface area contributed by atoms with Crippen molar-refractivity contribution in [1.29, 1.82) is 0 Å². The van der Waals surface area contributed by atoms with Crippen molar-refractivity contribution in [2.75, 3.05) is 33.0 Å². The summed E-state index contributed by atoms with van der Waals surface area (Å²) in [5, 5.41) is 9.64. The SMILES string of the molecule is COc1cc(OC)c(N)c(C(=O)N2CCC(C(C)O)C2)c1. The molecule has 1 saturated heterocycles. The van der Waals surface area contributed by atoms with Gasteiger partial charge in [-0.1, -0.05) is 0 Å². The summed E-state index contributed by atoms with van der Waals surface area (Å²) < 4.78 is 10.4. The average Bonchev–Trinajstić information content (AvgIpc) is 2.97. The zero-order valence-corrected chi connectivity index (χ0v) is 12.6. The first kappa shape index (κ1) is 15.4. The molecule has 2 rings (SSSR count). The Morgan fingerprint density at radius 3 is 2.67 bits per heavy atom. The number of likely N-dealkylation sites (tertiary alicyclic amines) is 1. The van der Waals surface area contributed by atoms with Gasteiger partial charge in [0.2, 0.25) is 0 Å². The molecule has 1 aromatic carbocycles. The number of carbonyl (C=O) groups excluding carboxylic acids is 1. The first-order chi connectivity index (χ1) is 9.97. The van der Waals surface area contributed by atoms with Crippen molar-refractivity contribution in [2.45, 2.75) is 19.4 Å². The predicted octanol–water partition coefficient (Wildman–Crippen LogP) is 1.13. The summed E-state index contributed by atoms with van der Waals surface area (Å²) in [5.74, 6) is 0.898. The number of hydrogen-bond acceptors (Lipinski definition) is 5. The molecule has 1 aromatic rings. The normalized spacial score (nSPS) is 19.4. The highest BCUT2D eigenvalue weighted by Gasteiger charge is 2.31. The van der Waals surface area contributed by atoms with Crippen LogP contribution in [-0.4, -0.2) is 49.3 Å². The van der Waals surface area contributed by atoms with Crippen molar-refractivity contribution in [3.63, 3.8) is 0 Å². The molecule has 2 atom stereocenters. The predicted molar refractivity (Wildman–Crippen MR) is 79.6 cm³/mol. The fraction of sp³-hybridized carbons (Fsp3) is 0.533. The molecule has 21 heavy (non-hydrogen) atoms. The maximum absolute atomic E-state index is 12.6. The average molecular weight is 294 g/mol. The minimum absolute atomic E-state index is 0.114. The number of nitrogens with zero attached hydrogens (tertiary/aromatic N) is 1. The number of benzene rings is 1. The smallest absolute Gasteiger partial charge is 0.256 e. The van der Waals surface area contributed by atoms with Crippen LogP contribution in [0.1, 0.15) is 23.7 Å². The highest BCUT2D eigenvalue weighted by atomic mass is 16.5. The second kappa shape index (κ2) is 6.22. The Hall–Kier alpha value is -1.95. The van der Waals surface area contributed by atoms with Crippen LogP contribution in [-0.2, 0) is 0 Å². The first-order valence-electron chi connectivity index (χ1n) is 6.96. The number of hydrogen-bond donors (Lipinski definition) is 2. The summed E-state index contributed by atoms with van der Waals surface area (Å²) in [6.07, 6.45) is 0.379. The highest BCUT2D eigenvalue weighted by Crippen LogP contribution is 2.33. The van der Waals surface area contributed by atoms with Crippen LogP contribution in [0.3, 0.4) is 0 Å². The Labute approximate surface area is 124 Å². The topological polar surface area (TPSA) is 85.0 Å². The van der Waals surface area contributed by atoms with Crippen LogP contribution in [0.25, 0.3) is 0 Å². The molecule has 1 heterocycles. The number of carbonyl (C=O) groups is 1. The van der Waals surface area contributed by atoms with E-state index in [1.807, 2.05) is 0 Å². The van der Waals surface area contributed by atoms with E-state index in [9.17, 15) is 9.90 Å².